The molecule has 0 fully saturated rings. The molecule has 0 heterocycles. The molecule has 0 aromatic heterocycles. The van der Waals surface area contributed by atoms with E-state index in [-0.39, 0.29) is 5.41 Å². The Kier molecular flexibility index (Phi) is 9.69. The van der Waals surface area contributed by atoms with Gasteiger partial charge in [0.2, 0.25) is 0 Å². The summed E-state index contributed by atoms with van der Waals surface area (Å²) >= 11 is 5.61. The lowest BCUT2D eigenvalue weighted by molar-refractivity contribution is -0.0979. The molecule has 0 N–H and O–H groups in total. The third kappa shape index (κ3) is 6.00. The zero-order valence-electron chi connectivity index (χ0n) is 15.7. The van der Waals surface area contributed by atoms with Crippen molar-refractivity contribution < 1.29 is 4.79 Å². The Balaban J connectivity index is 0.000000284. The largest absolute Gasteiger partial charge is 0.307 e. The second kappa shape index (κ2) is 11.5. The highest BCUT2D eigenvalue weighted by molar-refractivity contribution is 6.30. The van der Waals surface area contributed by atoms with Gasteiger partial charge in [-0.2, -0.15) is 0 Å². The van der Waals surface area contributed by atoms with E-state index in [1.165, 1.54) is 36.0 Å². The van der Waals surface area contributed by atoms with Crippen LogP contribution in [0.2, 0.25) is 5.02 Å². The van der Waals surface area contributed by atoms with Gasteiger partial charge < -0.3 is 4.79 Å². The van der Waals surface area contributed by atoms with E-state index in [4.69, 9.17) is 16.4 Å². The number of benzene rings is 2. The van der Waals surface area contributed by atoms with Gasteiger partial charge >= 0.3 is 0 Å². The zero-order chi connectivity index (χ0) is 19.4. The van der Waals surface area contributed by atoms with Crippen LogP contribution in [0, 0.1) is 6.92 Å². The van der Waals surface area contributed by atoms with Crippen LogP contribution < -0.4 is 0 Å². The number of fused-ring (bicyclic) bond motifs is 1. The number of halogens is 1. The van der Waals surface area contributed by atoms with Crippen LogP contribution in [0.1, 0.15) is 42.4 Å². The van der Waals surface area contributed by atoms with Crippen LogP contribution in [0.15, 0.2) is 73.8 Å². The molecular formula is C24H29ClO. The van der Waals surface area contributed by atoms with E-state index >= 15 is 0 Å². The van der Waals surface area contributed by atoms with Crippen molar-refractivity contribution in [3.05, 3.63) is 95.6 Å². The van der Waals surface area contributed by atoms with Gasteiger partial charge in [-0.15, -0.1) is 13.2 Å². The molecule has 1 nitrogen and oxygen atoms in total. The molecule has 138 valence electrons. The number of carbonyl (C=O) groups is 1. The minimum atomic E-state index is 0.276. The van der Waals surface area contributed by atoms with E-state index in [0.29, 0.717) is 0 Å². The molecule has 2 heteroatoms. The van der Waals surface area contributed by atoms with Crippen LogP contribution in [0.4, 0.5) is 0 Å². The van der Waals surface area contributed by atoms with Crippen LogP contribution in [0.25, 0.3) is 0 Å². The molecule has 2 aromatic rings. The zero-order valence-corrected chi connectivity index (χ0v) is 16.5. The van der Waals surface area contributed by atoms with Crippen molar-refractivity contribution in [1.82, 2.24) is 0 Å². The van der Waals surface area contributed by atoms with Gasteiger partial charge in [0.1, 0.15) is 6.79 Å². The maximum atomic E-state index is 8.00. The van der Waals surface area contributed by atoms with Crippen LogP contribution in [0.5, 0.6) is 0 Å². The molecule has 0 unspecified atom stereocenters. The lowest BCUT2D eigenvalue weighted by Crippen LogP contribution is -2.29. The monoisotopic (exact) mass is 368 g/mol. The van der Waals surface area contributed by atoms with Crippen LogP contribution in [-0.4, -0.2) is 6.79 Å². The molecule has 0 radical (unpaired) electrons. The van der Waals surface area contributed by atoms with Crippen molar-refractivity contribution >= 4 is 18.4 Å². The van der Waals surface area contributed by atoms with Gasteiger partial charge in [0.15, 0.2) is 0 Å². The molecule has 3 rings (SSSR count). The molecule has 0 amide bonds. The highest BCUT2D eigenvalue weighted by Gasteiger charge is 2.33. The van der Waals surface area contributed by atoms with E-state index in [0.717, 1.165) is 17.9 Å². The van der Waals surface area contributed by atoms with E-state index in [2.05, 4.69) is 49.6 Å². The summed E-state index contributed by atoms with van der Waals surface area (Å²) in [5, 5.41) is 0.801. The molecule has 0 aliphatic heterocycles. The number of rotatable bonds is 4. The van der Waals surface area contributed by atoms with Crippen molar-refractivity contribution in [2.75, 3.05) is 0 Å². The van der Waals surface area contributed by atoms with Crippen molar-refractivity contribution in [1.29, 1.82) is 0 Å². The van der Waals surface area contributed by atoms with Crippen LogP contribution in [0.3, 0.4) is 0 Å². The van der Waals surface area contributed by atoms with Crippen LogP contribution in [-0.2, 0) is 16.6 Å². The summed E-state index contributed by atoms with van der Waals surface area (Å²) in [6.45, 7) is 11.9. The average molecular weight is 369 g/mol. The van der Waals surface area contributed by atoms with E-state index < -0.39 is 0 Å². The highest BCUT2D eigenvalue weighted by Crippen LogP contribution is 2.43. The van der Waals surface area contributed by atoms with Gasteiger partial charge in [0.05, 0.1) is 0 Å². The summed E-state index contributed by atoms with van der Waals surface area (Å²) in [5.74, 6) is 0. The first-order chi connectivity index (χ1) is 12.6. The molecule has 2 aromatic carbocycles. The second-order valence-corrected chi connectivity index (χ2v) is 7.01. The van der Waals surface area contributed by atoms with E-state index in [1.807, 2.05) is 38.0 Å². The first kappa shape index (κ1) is 21.9. The molecule has 1 aliphatic rings. The van der Waals surface area contributed by atoms with E-state index in [9.17, 15) is 0 Å². The maximum Gasteiger partial charge on any atom is 0.106 e. The van der Waals surface area contributed by atoms with Crippen molar-refractivity contribution in [2.45, 2.75) is 44.4 Å². The number of carbonyl (C=O) groups excluding carboxylic acids is 1. The van der Waals surface area contributed by atoms with E-state index in [1.54, 1.807) is 0 Å². The second-order valence-electron chi connectivity index (χ2n) is 6.57. The lowest BCUT2D eigenvalue weighted by atomic mass is 9.66. The SMILES string of the molecule is C=CCC1(CC=C)CCCc2ccccc21.C=O.Cc1ccc(Cl)cc1. The Morgan fingerprint density at radius 1 is 1.00 bits per heavy atom. The molecular weight excluding hydrogens is 340 g/mol. The number of hydrogen-bond acceptors (Lipinski definition) is 1. The van der Waals surface area contributed by atoms with Gasteiger partial charge in [-0.05, 0) is 62.3 Å². The number of hydrogen-bond donors (Lipinski definition) is 0. The summed E-state index contributed by atoms with van der Waals surface area (Å²) in [5.41, 5.74) is 4.58. The summed E-state index contributed by atoms with van der Waals surface area (Å²) in [6.07, 6.45) is 10.0. The first-order valence-corrected chi connectivity index (χ1v) is 9.30. The Labute approximate surface area is 163 Å². The summed E-state index contributed by atoms with van der Waals surface area (Å²) < 4.78 is 0. The molecule has 0 bridgehead atoms. The van der Waals surface area contributed by atoms with Crippen molar-refractivity contribution in [2.24, 2.45) is 0 Å². The minimum absolute atomic E-state index is 0.276. The fourth-order valence-corrected chi connectivity index (χ4v) is 3.73. The Morgan fingerprint density at radius 3 is 2.12 bits per heavy atom. The highest BCUT2D eigenvalue weighted by atomic mass is 35.5. The lowest BCUT2D eigenvalue weighted by Gasteiger charge is -2.38. The molecule has 0 saturated heterocycles. The van der Waals surface area contributed by atoms with Crippen LogP contribution >= 0.6 is 11.6 Å². The van der Waals surface area contributed by atoms with Gasteiger partial charge in [-0.1, -0.05) is 65.7 Å². The maximum absolute atomic E-state index is 8.00. The van der Waals surface area contributed by atoms with Crippen molar-refractivity contribution in [3.63, 3.8) is 0 Å². The number of allylic oxidation sites excluding steroid dienone is 2. The van der Waals surface area contributed by atoms with Gasteiger partial charge in [-0.3, -0.25) is 0 Å². The standard InChI is InChI=1S/C16H20.C7H7Cl.CH2O/c1-3-11-16(12-4-2)13-7-9-14-8-5-6-10-15(14)16;1-6-2-4-7(8)5-3-6;1-2/h3-6,8,10H,1-2,7,9,11-13H2;2-5H,1H3;1H2. The smallest absolute Gasteiger partial charge is 0.106 e. The molecule has 26 heavy (non-hydrogen) atoms. The molecule has 0 atom stereocenters. The van der Waals surface area contributed by atoms with Crippen molar-refractivity contribution in [3.8, 4) is 0 Å². The fraction of sp³-hybridized carbons (Fsp3) is 0.292. The summed E-state index contributed by atoms with van der Waals surface area (Å²) in [7, 11) is 0. The number of aryl methyl sites for hydroxylation is 2. The van der Waals surface area contributed by atoms with Gasteiger partial charge in [-0.25, -0.2) is 0 Å². The minimum Gasteiger partial charge on any atom is -0.307 e. The van der Waals surface area contributed by atoms with Gasteiger partial charge in [0.25, 0.3) is 0 Å². The Hall–Kier alpha value is -2.12. The Bertz CT molecular complexity index is 657. The quantitative estimate of drug-likeness (QED) is 0.537. The fourth-order valence-electron chi connectivity index (χ4n) is 3.60. The molecule has 0 saturated carbocycles. The third-order valence-corrected chi connectivity index (χ3v) is 5.02. The molecule has 0 spiro atoms. The first-order valence-electron chi connectivity index (χ1n) is 8.92. The normalized spacial score (nSPS) is 13.8. The predicted octanol–water partition coefficient (Wildman–Crippen LogP) is 6.88. The third-order valence-electron chi connectivity index (χ3n) is 4.77. The van der Waals surface area contributed by atoms with Gasteiger partial charge in [0, 0.05) is 10.4 Å². The topological polar surface area (TPSA) is 17.1 Å². The predicted molar refractivity (Wildman–Crippen MR) is 114 cm³/mol. The molecule has 1 aliphatic carbocycles. The summed E-state index contributed by atoms with van der Waals surface area (Å²) in [4.78, 5) is 8.00. The summed E-state index contributed by atoms with van der Waals surface area (Å²) in [6, 6.07) is 16.6. The Morgan fingerprint density at radius 2 is 1.58 bits per heavy atom. The average Bonchev–Trinajstić information content (AvgIpc) is 2.67.